The van der Waals surface area contributed by atoms with Gasteiger partial charge in [0.1, 0.15) is 0 Å². The Balaban J connectivity index is 1.36. The largest absolute Gasteiger partial charge is 0.379 e. The van der Waals surface area contributed by atoms with Crippen LogP contribution in [0.2, 0.25) is 0 Å². The van der Waals surface area contributed by atoms with Gasteiger partial charge in [0.05, 0.1) is 25.9 Å². The van der Waals surface area contributed by atoms with Gasteiger partial charge in [-0.1, -0.05) is 30.3 Å². The summed E-state index contributed by atoms with van der Waals surface area (Å²) >= 11 is 0. The van der Waals surface area contributed by atoms with Crippen molar-refractivity contribution in [2.24, 2.45) is 11.8 Å². The lowest BCUT2D eigenvalue weighted by Crippen LogP contribution is -2.63. The minimum Gasteiger partial charge on any atom is -0.379 e. The van der Waals surface area contributed by atoms with Gasteiger partial charge in [0.2, 0.25) is 5.91 Å². The van der Waals surface area contributed by atoms with E-state index < -0.39 is 0 Å². The highest BCUT2D eigenvalue weighted by Gasteiger charge is 2.53. The molecule has 1 aromatic carbocycles. The summed E-state index contributed by atoms with van der Waals surface area (Å²) < 4.78 is 11.3. The molecule has 130 valence electrons. The predicted molar refractivity (Wildman–Crippen MR) is 90.7 cm³/mol. The van der Waals surface area contributed by atoms with E-state index in [-0.39, 0.29) is 11.9 Å². The first-order valence-electron chi connectivity index (χ1n) is 9.06. The number of amides is 1. The van der Waals surface area contributed by atoms with Gasteiger partial charge in [-0.25, -0.2) is 0 Å². The maximum absolute atomic E-state index is 12.5. The number of fused-ring (bicyclic) bond motifs is 1. The van der Waals surface area contributed by atoms with Crippen molar-refractivity contribution in [2.75, 3.05) is 39.5 Å². The number of ether oxygens (including phenoxy) is 2. The molecular weight excluding hydrogens is 304 g/mol. The highest BCUT2D eigenvalue weighted by Crippen LogP contribution is 2.45. The number of carbonyl (C=O) groups excluding carboxylic acids is 1. The molecule has 0 aromatic heterocycles. The molecule has 1 amide bonds. The summed E-state index contributed by atoms with van der Waals surface area (Å²) in [7, 11) is 0. The van der Waals surface area contributed by atoms with E-state index in [0.29, 0.717) is 24.5 Å². The summed E-state index contributed by atoms with van der Waals surface area (Å²) in [5, 5.41) is 3.30. The van der Waals surface area contributed by atoms with Crippen LogP contribution in [0.5, 0.6) is 0 Å². The third kappa shape index (κ3) is 3.34. The summed E-state index contributed by atoms with van der Waals surface area (Å²) in [6, 6.07) is 10.8. The van der Waals surface area contributed by atoms with Crippen molar-refractivity contribution >= 4 is 5.91 Å². The van der Waals surface area contributed by atoms with Crippen LogP contribution in [-0.2, 0) is 20.7 Å². The Morgan fingerprint density at radius 1 is 1.17 bits per heavy atom. The Morgan fingerprint density at radius 3 is 2.75 bits per heavy atom. The molecule has 1 aliphatic carbocycles. The van der Waals surface area contributed by atoms with Crippen molar-refractivity contribution in [3.63, 3.8) is 0 Å². The Labute approximate surface area is 143 Å². The quantitative estimate of drug-likeness (QED) is 0.878. The Bertz CT molecular complexity index is 559. The molecule has 24 heavy (non-hydrogen) atoms. The van der Waals surface area contributed by atoms with Crippen LogP contribution in [0.4, 0.5) is 0 Å². The first kappa shape index (κ1) is 16.1. The number of carbonyl (C=O) groups is 1. The van der Waals surface area contributed by atoms with Gasteiger partial charge < -0.3 is 14.8 Å². The van der Waals surface area contributed by atoms with E-state index in [9.17, 15) is 4.79 Å². The van der Waals surface area contributed by atoms with Gasteiger partial charge in [-0.05, 0) is 18.4 Å². The number of benzene rings is 1. The second-order valence-electron chi connectivity index (χ2n) is 7.12. The summed E-state index contributed by atoms with van der Waals surface area (Å²) in [6.45, 7) is 4.46. The fourth-order valence-corrected chi connectivity index (χ4v) is 4.37. The maximum Gasteiger partial charge on any atom is 0.234 e. The number of nitrogens with one attached hydrogen (secondary N) is 1. The lowest BCUT2D eigenvalue weighted by Gasteiger charge is -2.48. The summed E-state index contributed by atoms with van der Waals surface area (Å²) in [6.07, 6.45) is 2.36. The zero-order chi connectivity index (χ0) is 16.4. The molecule has 0 bridgehead atoms. The molecule has 1 N–H and O–H groups in total. The van der Waals surface area contributed by atoms with Gasteiger partial charge in [-0.2, -0.15) is 0 Å². The molecule has 2 aliphatic heterocycles. The number of hydrogen-bond donors (Lipinski definition) is 1. The number of morpholine rings is 1. The topological polar surface area (TPSA) is 50.8 Å². The van der Waals surface area contributed by atoms with Crippen molar-refractivity contribution in [2.45, 2.75) is 25.0 Å². The predicted octanol–water partition coefficient (Wildman–Crippen LogP) is 1.08. The van der Waals surface area contributed by atoms with E-state index in [4.69, 9.17) is 9.47 Å². The number of rotatable bonds is 5. The van der Waals surface area contributed by atoms with E-state index in [0.717, 1.165) is 45.8 Å². The van der Waals surface area contributed by atoms with Crippen LogP contribution in [0.3, 0.4) is 0 Å². The number of hydrogen-bond acceptors (Lipinski definition) is 4. The van der Waals surface area contributed by atoms with Crippen molar-refractivity contribution < 1.29 is 14.3 Å². The van der Waals surface area contributed by atoms with Crippen molar-refractivity contribution in [3.8, 4) is 0 Å². The lowest BCUT2D eigenvalue weighted by atomic mass is 9.64. The number of nitrogens with zero attached hydrogens (tertiary/aromatic N) is 1. The molecular formula is C19H26N2O3. The molecule has 0 spiro atoms. The van der Waals surface area contributed by atoms with Crippen LogP contribution in [0.15, 0.2) is 30.3 Å². The molecule has 2 heterocycles. The van der Waals surface area contributed by atoms with E-state index in [2.05, 4.69) is 34.5 Å². The van der Waals surface area contributed by atoms with E-state index >= 15 is 0 Å². The van der Waals surface area contributed by atoms with Crippen molar-refractivity contribution in [1.82, 2.24) is 10.2 Å². The van der Waals surface area contributed by atoms with Gasteiger partial charge in [-0.15, -0.1) is 0 Å². The molecule has 5 heteroatoms. The fourth-order valence-electron chi connectivity index (χ4n) is 4.37. The first-order valence-corrected chi connectivity index (χ1v) is 9.06. The summed E-state index contributed by atoms with van der Waals surface area (Å²) in [5.74, 6) is 1.03. The molecule has 1 saturated carbocycles. The lowest BCUT2D eigenvalue weighted by molar-refractivity contribution is -0.129. The third-order valence-corrected chi connectivity index (χ3v) is 5.64. The Kier molecular flexibility index (Phi) is 4.83. The SMILES string of the molecule is O=C(CN1CCOCC1)NC1C2CCOC2C1Cc1ccccc1. The van der Waals surface area contributed by atoms with Crippen LogP contribution in [0.1, 0.15) is 12.0 Å². The standard InChI is InChI=1S/C19H26N2O3/c22-17(13-21-7-10-23-11-8-21)20-18-15-6-9-24-19(15)16(18)12-14-4-2-1-3-5-14/h1-5,15-16,18-19H,6-13H2,(H,20,22). The molecule has 0 radical (unpaired) electrons. The molecule has 2 saturated heterocycles. The third-order valence-electron chi connectivity index (χ3n) is 5.64. The van der Waals surface area contributed by atoms with E-state index in [1.165, 1.54) is 5.56 Å². The van der Waals surface area contributed by atoms with Crippen LogP contribution >= 0.6 is 0 Å². The van der Waals surface area contributed by atoms with Crippen LogP contribution in [0.25, 0.3) is 0 Å². The zero-order valence-corrected chi connectivity index (χ0v) is 14.0. The van der Waals surface area contributed by atoms with Crippen molar-refractivity contribution in [3.05, 3.63) is 35.9 Å². The van der Waals surface area contributed by atoms with E-state index in [1.54, 1.807) is 0 Å². The van der Waals surface area contributed by atoms with Gasteiger partial charge in [-0.3, -0.25) is 9.69 Å². The van der Waals surface area contributed by atoms with Crippen LogP contribution < -0.4 is 5.32 Å². The highest BCUT2D eigenvalue weighted by molar-refractivity contribution is 5.78. The Morgan fingerprint density at radius 2 is 1.96 bits per heavy atom. The van der Waals surface area contributed by atoms with Gasteiger partial charge in [0.25, 0.3) is 0 Å². The summed E-state index contributed by atoms with van der Waals surface area (Å²) in [4.78, 5) is 14.6. The zero-order valence-electron chi connectivity index (χ0n) is 14.0. The molecule has 1 aromatic rings. The maximum atomic E-state index is 12.5. The van der Waals surface area contributed by atoms with E-state index in [1.807, 2.05) is 6.07 Å². The average molecular weight is 330 g/mol. The monoisotopic (exact) mass is 330 g/mol. The second-order valence-corrected chi connectivity index (χ2v) is 7.12. The van der Waals surface area contributed by atoms with Gasteiger partial charge in [0.15, 0.2) is 0 Å². The normalized spacial score (nSPS) is 32.8. The van der Waals surface area contributed by atoms with Crippen molar-refractivity contribution in [1.29, 1.82) is 0 Å². The molecule has 5 nitrogen and oxygen atoms in total. The molecule has 3 aliphatic rings. The fraction of sp³-hybridized carbons (Fsp3) is 0.632. The summed E-state index contributed by atoms with van der Waals surface area (Å²) in [5.41, 5.74) is 1.32. The highest BCUT2D eigenvalue weighted by atomic mass is 16.5. The van der Waals surface area contributed by atoms with Crippen LogP contribution in [0, 0.1) is 11.8 Å². The molecule has 4 atom stereocenters. The molecule has 4 rings (SSSR count). The Hall–Kier alpha value is -1.43. The minimum absolute atomic E-state index is 0.144. The van der Waals surface area contributed by atoms with Gasteiger partial charge >= 0.3 is 0 Å². The molecule has 3 fully saturated rings. The smallest absolute Gasteiger partial charge is 0.234 e. The second kappa shape index (κ2) is 7.21. The van der Waals surface area contributed by atoms with Gasteiger partial charge in [0, 0.05) is 37.6 Å². The minimum atomic E-state index is 0.144. The first-order chi connectivity index (χ1) is 11.8. The van der Waals surface area contributed by atoms with Crippen LogP contribution in [-0.4, -0.2) is 62.4 Å². The molecule has 4 unspecified atom stereocenters. The average Bonchev–Trinajstić information content (AvgIpc) is 3.04.